The van der Waals surface area contributed by atoms with Crippen molar-refractivity contribution in [2.75, 3.05) is 5.32 Å². The molecule has 33 heavy (non-hydrogen) atoms. The van der Waals surface area contributed by atoms with E-state index in [1.807, 2.05) is 6.07 Å². The van der Waals surface area contributed by atoms with Gasteiger partial charge in [0.15, 0.2) is 11.4 Å². The Morgan fingerprint density at radius 2 is 1.82 bits per heavy atom. The molecular formula is C24H15F3N4O2. The molecule has 9 heteroatoms. The van der Waals surface area contributed by atoms with Gasteiger partial charge in [0, 0.05) is 29.1 Å². The minimum absolute atomic E-state index is 0.0864. The molecular weight excluding hydrogens is 433 g/mol. The van der Waals surface area contributed by atoms with Gasteiger partial charge >= 0.3 is 6.18 Å². The first-order valence-corrected chi connectivity index (χ1v) is 9.86. The van der Waals surface area contributed by atoms with E-state index in [9.17, 15) is 18.0 Å². The van der Waals surface area contributed by atoms with E-state index in [1.54, 1.807) is 59.4 Å². The number of fused-ring (bicyclic) bond motifs is 1. The average molecular weight is 448 g/mol. The van der Waals surface area contributed by atoms with Gasteiger partial charge in [0.1, 0.15) is 5.69 Å². The number of rotatable bonds is 4. The maximum atomic E-state index is 13.0. The lowest BCUT2D eigenvalue weighted by Gasteiger charge is -2.11. The summed E-state index contributed by atoms with van der Waals surface area (Å²) in [4.78, 5) is 16.9. The van der Waals surface area contributed by atoms with Gasteiger partial charge in [0.25, 0.3) is 5.91 Å². The van der Waals surface area contributed by atoms with E-state index >= 15 is 0 Å². The third-order valence-electron chi connectivity index (χ3n) is 5.00. The molecule has 0 unspecified atom stereocenters. The van der Waals surface area contributed by atoms with E-state index < -0.39 is 17.6 Å². The van der Waals surface area contributed by atoms with Gasteiger partial charge in [-0.25, -0.2) is 9.50 Å². The fourth-order valence-corrected chi connectivity index (χ4v) is 3.45. The molecule has 3 heterocycles. The molecule has 0 saturated heterocycles. The second-order valence-corrected chi connectivity index (χ2v) is 7.22. The van der Waals surface area contributed by atoms with Crippen LogP contribution in [0.1, 0.15) is 15.9 Å². The molecule has 0 fully saturated rings. The predicted octanol–water partition coefficient (Wildman–Crippen LogP) is 5.93. The van der Waals surface area contributed by atoms with Crippen molar-refractivity contribution in [2.24, 2.45) is 0 Å². The van der Waals surface area contributed by atoms with Crippen LogP contribution in [0, 0.1) is 0 Å². The summed E-state index contributed by atoms with van der Waals surface area (Å²) in [5.41, 5.74) is 2.14. The average Bonchev–Trinajstić information content (AvgIpc) is 3.48. The highest BCUT2D eigenvalue weighted by Crippen LogP contribution is 2.30. The molecule has 0 aliphatic heterocycles. The molecule has 0 bridgehead atoms. The van der Waals surface area contributed by atoms with Crippen LogP contribution in [0.15, 0.2) is 89.7 Å². The molecule has 0 spiro atoms. The highest BCUT2D eigenvalue weighted by molar-refractivity contribution is 6.04. The van der Waals surface area contributed by atoms with Crippen LogP contribution < -0.4 is 5.32 Å². The van der Waals surface area contributed by atoms with Crippen LogP contribution in [-0.2, 0) is 6.18 Å². The highest BCUT2D eigenvalue weighted by Gasteiger charge is 2.30. The van der Waals surface area contributed by atoms with Crippen molar-refractivity contribution in [3.8, 4) is 22.7 Å². The largest absolute Gasteiger partial charge is 0.463 e. The summed E-state index contributed by atoms with van der Waals surface area (Å²) >= 11 is 0. The molecule has 3 aromatic heterocycles. The van der Waals surface area contributed by atoms with Crippen molar-refractivity contribution in [2.45, 2.75) is 6.18 Å². The van der Waals surface area contributed by atoms with Gasteiger partial charge in [-0.2, -0.15) is 18.3 Å². The number of carbonyl (C=O) groups is 1. The SMILES string of the molecule is O=C(Nc1cccc(-c2ccnc3cc(-c4ccco4)nn23)c1)c1cccc(C(F)(F)F)c1. The fourth-order valence-electron chi connectivity index (χ4n) is 3.45. The summed E-state index contributed by atoms with van der Waals surface area (Å²) in [6.07, 6.45) is -1.32. The maximum Gasteiger partial charge on any atom is 0.416 e. The number of anilines is 1. The van der Waals surface area contributed by atoms with E-state index in [4.69, 9.17) is 4.42 Å². The Balaban J connectivity index is 1.46. The molecule has 5 aromatic rings. The number of halogens is 3. The van der Waals surface area contributed by atoms with Crippen molar-refractivity contribution >= 4 is 17.2 Å². The van der Waals surface area contributed by atoms with Gasteiger partial charge in [-0.3, -0.25) is 4.79 Å². The maximum absolute atomic E-state index is 13.0. The summed E-state index contributed by atoms with van der Waals surface area (Å²) in [5.74, 6) is -0.0362. The van der Waals surface area contributed by atoms with Gasteiger partial charge in [0.2, 0.25) is 0 Å². The lowest BCUT2D eigenvalue weighted by atomic mass is 10.1. The number of alkyl halides is 3. The number of nitrogens with one attached hydrogen (secondary N) is 1. The van der Waals surface area contributed by atoms with E-state index in [-0.39, 0.29) is 5.56 Å². The Kier molecular flexibility index (Phi) is 4.93. The standard InChI is InChI=1S/C24H15F3N4O2/c25-24(26,27)17-6-1-5-16(12-17)23(32)29-18-7-2-4-15(13-18)20-9-10-28-22-14-19(30-31(20)22)21-8-3-11-33-21/h1-14H,(H,29,32). The van der Waals surface area contributed by atoms with E-state index in [2.05, 4.69) is 15.4 Å². The summed E-state index contributed by atoms with van der Waals surface area (Å²) < 4.78 is 46.0. The Morgan fingerprint density at radius 1 is 0.970 bits per heavy atom. The first-order valence-electron chi connectivity index (χ1n) is 9.86. The van der Waals surface area contributed by atoms with Crippen LogP contribution in [0.25, 0.3) is 28.4 Å². The summed E-state index contributed by atoms with van der Waals surface area (Å²) in [5, 5.41) is 7.23. The molecule has 1 amide bonds. The second kappa shape index (κ2) is 7.94. The van der Waals surface area contributed by atoms with Crippen LogP contribution in [0.2, 0.25) is 0 Å². The zero-order chi connectivity index (χ0) is 23.0. The Morgan fingerprint density at radius 3 is 2.61 bits per heavy atom. The van der Waals surface area contributed by atoms with Crippen molar-refractivity contribution in [1.29, 1.82) is 0 Å². The van der Waals surface area contributed by atoms with Gasteiger partial charge < -0.3 is 9.73 Å². The highest BCUT2D eigenvalue weighted by atomic mass is 19.4. The van der Waals surface area contributed by atoms with Crippen molar-refractivity contribution in [3.05, 3.63) is 96.4 Å². The molecule has 6 nitrogen and oxygen atoms in total. The molecule has 0 aliphatic rings. The molecule has 0 aliphatic carbocycles. The topological polar surface area (TPSA) is 72.4 Å². The lowest BCUT2D eigenvalue weighted by molar-refractivity contribution is -0.137. The number of nitrogens with zero attached hydrogens (tertiary/aromatic N) is 3. The number of amides is 1. The number of aromatic nitrogens is 3. The zero-order valence-electron chi connectivity index (χ0n) is 16.9. The zero-order valence-corrected chi connectivity index (χ0v) is 16.9. The Bertz CT molecular complexity index is 1460. The van der Waals surface area contributed by atoms with Crippen LogP contribution in [0.5, 0.6) is 0 Å². The third-order valence-corrected chi connectivity index (χ3v) is 5.00. The van der Waals surface area contributed by atoms with Gasteiger partial charge in [-0.1, -0.05) is 18.2 Å². The van der Waals surface area contributed by atoms with Crippen molar-refractivity contribution < 1.29 is 22.4 Å². The summed E-state index contributed by atoms with van der Waals surface area (Å²) in [6.45, 7) is 0. The molecule has 0 radical (unpaired) electrons. The molecule has 0 atom stereocenters. The fraction of sp³-hybridized carbons (Fsp3) is 0.0417. The number of benzene rings is 2. The molecule has 0 saturated carbocycles. The molecule has 2 aromatic carbocycles. The number of carbonyl (C=O) groups excluding carboxylic acids is 1. The minimum Gasteiger partial charge on any atom is -0.463 e. The van der Waals surface area contributed by atoms with Crippen LogP contribution >= 0.6 is 0 Å². The quantitative estimate of drug-likeness (QED) is 0.370. The predicted molar refractivity (Wildman–Crippen MR) is 116 cm³/mol. The number of hydrogen-bond acceptors (Lipinski definition) is 4. The normalized spacial score (nSPS) is 11.6. The van der Waals surface area contributed by atoms with E-state index in [0.29, 0.717) is 28.5 Å². The third kappa shape index (κ3) is 4.08. The van der Waals surface area contributed by atoms with Gasteiger partial charge in [0.05, 0.1) is 17.5 Å². The summed E-state index contributed by atoms with van der Waals surface area (Å²) in [7, 11) is 0. The van der Waals surface area contributed by atoms with Crippen LogP contribution in [-0.4, -0.2) is 20.5 Å². The molecule has 5 rings (SSSR count). The second-order valence-electron chi connectivity index (χ2n) is 7.22. The molecule has 164 valence electrons. The lowest BCUT2D eigenvalue weighted by Crippen LogP contribution is -2.14. The Labute approximate surface area is 185 Å². The minimum atomic E-state index is -4.53. The van der Waals surface area contributed by atoms with E-state index in [1.165, 1.54) is 12.1 Å². The molecule has 1 N–H and O–H groups in total. The first kappa shape index (κ1) is 20.5. The van der Waals surface area contributed by atoms with Crippen LogP contribution in [0.4, 0.5) is 18.9 Å². The monoisotopic (exact) mass is 448 g/mol. The number of hydrogen-bond donors (Lipinski definition) is 1. The number of furan rings is 1. The van der Waals surface area contributed by atoms with Crippen LogP contribution in [0.3, 0.4) is 0 Å². The van der Waals surface area contributed by atoms with Gasteiger partial charge in [-0.05, 0) is 48.5 Å². The van der Waals surface area contributed by atoms with Crippen molar-refractivity contribution in [1.82, 2.24) is 14.6 Å². The smallest absolute Gasteiger partial charge is 0.416 e. The van der Waals surface area contributed by atoms with Crippen molar-refractivity contribution in [3.63, 3.8) is 0 Å². The van der Waals surface area contributed by atoms with Gasteiger partial charge in [-0.15, -0.1) is 0 Å². The summed E-state index contributed by atoms with van der Waals surface area (Å²) in [6, 6.07) is 18.4. The van der Waals surface area contributed by atoms with E-state index in [0.717, 1.165) is 17.7 Å². The first-order chi connectivity index (χ1) is 15.9. The Hall–Kier alpha value is -4.40.